The van der Waals surface area contributed by atoms with E-state index in [0.29, 0.717) is 28.6 Å². The molecular weight excluding hydrogens is 418 g/mol. The molecule has 26 heavy (non-hydrogen) atoms. The monoisotopic (exact) mass is 428 g/mol. The van der Waals surface area contributed by atoms with E-state index in [1.807, 2.05) is 0 Å². The van der Waals surface area contributed by atoms with E-state index in [1.165, 1.54) is 0 Å². The van der Waals surface area contributed by atoms with Gasteiger partial charge in [0, 0.05) is 0 Å². The van der Waals surface area contributed by atoms with Crippen molar-refractivity contribution in [2.75, 3.05) is 11.5 Å². The van der Waals surface area contributed by atoms with Crippen LogP contribution in [0.15, 0.2) is 48.5 Å². The molecule has 0 saturated heterocycles. The van der Waals surface area contributed by atoms with Crippen LogP contribution in [0.25, 0.3) is 0 Å². The minimum Gasteiger partial charge on any atom is -0.454 e. The summed E-state index contributed by atoms with van der Waals surface area (Å²) < 4.78 is 11.5. The summed E-state index contributed by atoms with van der Waals surface area (Å²) in [6, 6.07) is 13.2. The lowest BCUT2D eigenvalue weighted by atomic mass is 10.2. The average Bonchev–Trinajstić information content (AvgIpc) is 2.61. The first kappa shape index (κ1) is 18.8. The van der Waals surface area contributed by atoms with E-state index in [2.05, 4.69) is 0 Å². The lowest BCUT2D eigenvalue weighted by Crippen LogP contribution is -1.94. The Morgan fingerprint density at radius 2 is 1.08 bits per heavy atom. The van der Waals surface area contributed by atoms with Crippen LogP contribution in [-0.2, 0) is 0 Å². The molecule has 0 bridgehead atoms. The molecule has 0 aliphatic heterocycles. The normalized spacial score (nSPS) is 10.6. The maximum absolute atomic E-state index is 6.42. The van der Waals surface area contributed by atoms with Gasteiger partial charge in [0.1, 0.15) is 32.3 Å². The van der Waals surface area contributed by atoms with Crippen molar-refractivity contribution in [2.45, 2.75) is 0 Å². The minimum atomic E-state index is 0.148. The average molecular weight is 430 g/mol. The number of hydrogen-bond donors (Lipinski definition) is 2. The molecule has 0 saturated carbocycles. The van der Waals surface area contributed by atoms with Crippen molar-refractivity contribution in [1.29, 1.82) is 0 Å². The molecule has 0 fully saturated rings. The number of nitrogens with two attached hydrogens (primary N) is 2. The van der Waals surface area contributed by atoms with Crippen molar-refractivity contribution in [1.82, 2.24) is 0 Å². The lowest BCUT2D eigenvalue weighted by molar-refractivity contribution is 0.461. The van der Waals surface area contributed by atoms with Crippen LogP contribution in [0.2, 0.25) is 20.1 Å². The highest BCUT2D eigenvalue weighted by atomic mass is 35.5. The molecule has 3 aromatic carbocycles. The molecule has 3 aromatic rings. The van der Waals surface area contributed by atoms with Crippen LogP contribution >= 0.6 is 46.4 Å². The maximum atomic E-state index is 6.42. The first-order valence-electron chi connectivity index (χ1n) is 7.30. The Balaban J connectivity index is 1.99. The zero-order valence-electron chi connectivity index (χ0n) is 13.1. The molecule has 0 atom stereocenters. The first-order valence-corrected chi connectivity index (χ1v) is 8.81. The maximum Gasteiger partial charge on any atom is 0.168 e. The van der Waals surface area contributed by atoms with Gasteiger partial charge in [-0.2, -0.15) is 0 Å². The topological polar surface area (TPSA) is 70.5 Å². The predicted molar refractivity (Wildman–Crippen MR) is 108 cm³/mol. The summed E-state index contributed by atoms with van der Waals surface area (Å²) in [7, 11) is 0. The van der Waals surface area contributed by atoms with Crippen LogP contribution < -0.4 is 20.9 Å². The Morgan fingerprint density at radius 3 is 1.65 bits per heavy atom. The third-order valence-electron chi connectivity index (χ3n) is 3.43. The highest BCUT2D eigenvalue weighted by Crippen LogP contribution is 2.46. The van der Waals surface area contributed by atoms with Crippen molar-refractivity contribution in [3.8, 4) is 23.0 Å². The molecule has 8 heteroatoms. The Bertz CT molecular complexity index is 980. The third kappa shape index (κ3) is 3.74. The standard InChI is InChI=1S/C18H12Cl4N2O2/c19-9-7-8-14(25-12-5-1-3-10(23)15(12)20)17(22)18(9)26-13-6-2-4-11(24)16(13)21/h1-8H,23-24H2. The highest BCUT2D eigenvalue weighted by molar-refractivity contribution is 6.38. The Hall–Kier alpha value is -1.98. The van der Waals surface area contributed by atoms with Crippen LogP contribution in [0.1, 0.15) is 0 Å². The zero-order chi connectivity index (χ0) is 18.8. The smallest absolute Gasteiger partial charge is 0.168 e. The Labute approximate surface area is 170 Å². The van der Waals surface area contributed by atoms with E-state index >= 15 is 0 Å². The molecule has 4 N–H and O–H groups in total. The molecular formula is C18H12Cl4N2O2. The van der Waals surface area contributed by atoms with Crippen LogP contribution in [0.5, 0.6) is 23.0 Å². The van der Waals surface area contributed by atoms with Crippen LogP contribution in [0.4, 0.5) is 11.4 Å². The van der Waals surface area contributed by atoms with E-state index in [4.69, 9.17) is 67.3 Å². The van der Waals surface area contributed by atoms with Crippen molar-refractivity contribution in [2.24, 2.45) is 0 Å². The quantitative estimate of drug-likeness (QED) is 0.436. The van der Waals surface area contributed by atoms with Gasteiger partial charge in [-0.15, -0.1) is 0 Å². The SMILES string of the molecule is Nc1cccc(Oc2ccc(Cl)c(Oc3cccc(N)c3Cl)c2Cl)c1Cl. The molecule has 0 spiro atoms. The van der Waals surface area contributed by atoms with E-state index in [-0.39, 0.29) is 25.8 Å². The summed E-state index contributed by atoms with van der Waals surface area (Å²) in [5, 5.41) is 0.957. The van der Waals surface area contributed by atoms with E-state index in [9.17, 15) is 0 Å². The molecule has 3 rings (SSSR count). The van der Waals surface area contributed by atoms with Gasteiger partial charge in [0.15, 0.2) is 5.75 Å². The van der Waals surface area contributed by atoms with Gasteiger partial charge in [-0.3, -0.25) is 0 Å². The molecule has 0 radical (unpaired) electrons. The Kier molecular flexibility index (Phi) is 5.58. The highest BCUT2D eigenvalue weighted by Gasteiger charge is 2.18. The summed E-state index contributed by atoms with van der Waals surface area (Å²) in [4.78, 5) is 0. The van der Waals surface area contributed by atoms with E-state index < -0.39 is 0 Å². The van der Waals surface area contributed by atoms with Crippen LogP contribution in [0, 0.1) is 0 Å². The molecule has 0 aliphatic carbocycles. The number of benzene rings is 3. The minimum absolute atomic E-state index is 0.148. The molecule has 0 amide bonds. The number of anilines is 2. The number of hydrogen-bond acceptors (Lipinski definition) is 4. The molecule has 0 unspecified atom stereocenters. The molecule has 0 aliphatic rings. The van der Waals surface area contributed by atoms with Gasteiger partial charge in [-0.05, 0) is 36.4 Å². The van der Waals surface area contributed by atoms with Crippen LogP contribution in [0.3, 0.4) is 0 Å². The predicted octanol–water partition coefficient (Wildman–Crippen LogP) is 7.05. The van der Waals surface area contributed by atoms with Gasteiger partial charge >= 0.3 is 0 Å². The fourth-order valence-corrected chi connectivity index (χ4v) is 2.94. The second-order valence-electron chi connectivity index (χ2n) is 5.21. The van der Waals surface area contributed by atoms with Crippen molar-refractivity contribution < 1.29 is 9.47 Å². The summed E-state index contributed by atoms with van der Waals surface area (Å²) in [5.41, 5.74) is 12.3. The molecule has 0 heterocycles. The molecule has 134 valence electrons. The number of nitrogen functional groups attached to an aromatic ring is 2. The van der Waals surface area contributed by atoms with E-state index in [0.717, 1.165) is 0 Å². The summed E-state index contributed by atoms with van der Waals surface area (Å²) in [5.74, 6) is 1.13. The van der Waals surface area contributed by atoms with Gasteiger partial charge in [-0.1, -0.05) is 58.5 Å². The third-order valence-corrected chi connectivity index (χ3v) is 4.90. The summed E-state index contributed by atoms with van der Waals surface area (Å²) >= 11 is 24.9. The summed E-state index contributed by atoms with van der Waals surface area (Å²) in [6.45, 7) is 0. The van der Waals surface area contributed by atoms with Gasteiger partial charge < -0.3 is 20.9 Å². The summed E-state index contributed by atoms with van der Waals surface area (Å²) in [6.07, 6.45) is 0. The van der Waals surface area contributed by atoms with Crippen molar-refractivity contribution in [3.63, 3.8) is 0 Å². The fraction of sp³-hybridized carbons (Fsp3) is 0. The first-order chi connectivity index (χ1) is 12.4. The number of rotatable bonds is 4. The fourth-order valence-electron chi connectivity index (χ4n) is 2.13. The Morgan fingerprint density at radius 1 is 0.577 bits per heavy atom. The lowest BCUT2D eigenvalue weighted by Gasteiger charge is -2.15. The largest absolute Gasteiger partial charge is 0.454 e. The van der Waals surface area contributed by atoms with E-state index in [1.54, 1.807) is 48.5 Å². The van der Waals surface area contributed by atoms with Gasteiger partial charge in [0.05, 0.1) is 16.4 Å². The van der Waals surface area contributed by atoms with Gasteiger partial charge in [-0.25, -0.2) is 0 Å². The van der Waals surface area contributed by atoms with Crippen LogP contribution in [-0.4, -0.2) is 0 Å². The van der Waals surface area contributed by atoms with Crippen molar-refractivity contribution >= 4 is 57.8 Å². The molecule has 0 aromatic heterocycles. The van der Waals surface area contributed by atoms with Crippen molar-refractivity contribution in [3.05, 3.63) is 68.6 Å². The molecule has 4 nitrogen and oxygen atoms in total. The second-order valence-corrected chi connectivity index (χ2v) is 6.75. The second kappa shape index (κ2) is 7.72. The number of halogens is 4. The zero-order valence-corrected chi connectivity index (χ0v) is 16.1. The van der Waals surface area contributed by atoms with Gasteiger partial charge in [0.25, 0.3) is 0 Å². The van der Waals surface area contributed by atoms with Gasteiger partial charge in [0.2, 0.25) is 0 Å². The number of ether oxygens (including phenoxy) is 2.